The lowest BCUT2D eigenvalue weighted by Gasteiger charge is -2.34. The number of aliphatic carboxylic acids is 1. The molecular weight excluding hydrogens is 276 g/mol. The number of nitrogens with one attached hydrogen (secondary N) is 1. The van der Waals surface area contributed by atoms with Crippen molar-refractivity contribution in [1.29, 1.82) is 0 Å². The van der Waals surface area contributed by atoms with Gasteiger partial charge in [-0.05, 0) is 69.3 Å². The van der Waals surface area contributed by atoms with E-state index in [1.807, 2.05) is 0 Å². The summed E-state index contributed by atoms with van der Waals surface area (Å²) in [5.74, 6) is -0.275. The van der Waals surface area contributed by atoms with Crippen LogP contribution in [0.2, 0.25) is 0 Å². The summed E-state index contributed by atoms with van der Waals surface area (Å²) in [6.45, 7) is 7.37. The van der Waals surface area contributed by atoms with Gasteiger partial charge in [-0.2, -0.15) is 0 Å². The minimum atomic E-state index is -0.742. The van der Waals surface area contributed by atoms with Crippen LogP contribution < -0.4 is 5.32 Å². The van der Waals surface area contributed by atoms with Gasteiger partial charge in [-0.3, -0.25) is 9.69 Å². The number of carboxylic acid groups (broad SMARTS) is 1. The Bertz CT molecular complexity index is 516. The number of aryl methyl sites for hydroxylation is 2. The van der Waals surface area contributed by atoms with E-state index in [0.29, 0.717) is 5.92 Å². The second-order valence-electron chi connectivity index (χ2n) is 6.58. The molecule has 0 saturated carbocycles. The molecule has 1 aromatic rings. The number of hydrogen-bond acceptors (Lipinski definition) is 3. The maximum absolute atomic E-state index is 11.2. The normalized spacial score (nSPS) is 20.8. The largest absolute Gasteiger partial charge is 0.480 e. The van der Waals surface area contributed by atoms with Crippen LogP contribution >= 0.6 is 0 Å². The van der Waals surface area contributed by atoms with Crippen molar-refractivity contribution in [3.63, 3.8) is 0 Å². The number of piperidine rings is 1. The Morgan fingerprint density at radius 1 is 1.41 bits per heavy atom. The molecule has 1 heterocycles. The van der Waals surface area contributed by atoms with E-state index < -0.39 is 12.0 Å². The predicted molar refractivity (Wildman–Crippen MR) is 89.0 cm³/mol. The van der Waals surface area contributed by atoms with Gasteiger partial charge >= 0.3 is 5.97 Å². The van der Waals surface area contributed by atoms with Crippen molar-refractivity contribution in [2.75, 3.05) is 20.1 Å². The standard InChI is InChI=1S/C18H28N2O2/c1-13-6-7-16(9-14(13)2)12-20-8-4-5-15(11-20)10-17(19-3)18(21)22/h6-7,9,15,17,19H,4-5,8,10-12H2,1-3H3,(H,21,22). The van der Waals surface area contributed by atoms with E-state index >= 15 is 0 Å². The van der Waals surface area contributed by atoms with E-state index in [1.54, 1.807) is 7.05 Å². The van der Waals surface area contributed by atoms with Gasteiger partial charge in [0.15, 0.2) is 0 Å². The summed E-state index contributed by atoms with van der Waals surface area (Å²) in [4.78, 5) is 13.6. The third-order valence-electron chi connectivity index (χ3n) is 4.80. The Hall–Kier alpha value is -1.39. The predicted octanol–water partition coefficient (Wildman–Crippen LogP) is 2.58. The van der Waals surface area contributed by atoms with Crippen molar-refractivity contribution in [3.8, 4) is 0 Å². The first-order chi connectivity index (χ1) is 10.5. The van der Waals surface area contributed by atoms with E-state index in [9.17, 15) is 9.90 Å². The first-order valence-corrected chi connectivity index (χ1v) is 8.18. The first kappa shape index (κ1) is 17.0. The Kier molecular flexibility index (Phi) is 5.98. The van der Waals surface area contributed by atoms with Crippen LogP contribution in [0.15, 0.2) is 18.2 Å². The molecule has 1 saturated heterocycles. The number of benzene rings is 1. The zero-order valence-corrected chi connectivity index (χ0v) is 13.9. The molecule has 1 aliphatic heterocycles. The molecule has 4 heteroatoms. The van der Waals surface area contributed by atoms with E-state index in [-0.39, 0.29) is 0 Å². The summed E-state index contributed by atoms with van der Waals surface area (Å²) in [7, 11) is 1.73. The summed E-state index contributed by atoms with van der Waals surface area (Å²) >= 11 is 0. The second kappa shape index (κ2) is 7.75. The van der Waals surface area contributed by atoms with Crippen molar-refractivity contribution in [2.24, 2.45) is 5.92 Å². The fraction of sp³-hybridized carbons (Fsp3) is 0.611. The lowest BCUT2D eigenvalue weighted by molar-refractivity contribution is -0.139. The van der Waals surface area contributed by atoms with Crippen LogP contribution in [0.4, 0.5) is 0 Å². The van der Waals surface area contributed by atoms with Gasteiger partial charge in [-0.25, -0.2) is 0 Å². The average molecular weight is 304 g/mol. The minimum absolute atomic E-state index is 0.424. The van der Waals surface area contributed by atoms with Crippen molar-refractivity contribution >= 4 is 5.97 Å². The monoisotopic (exact) mass is 304 g/mol. The lowest BCUT2D eigenvalue weighted by Crippen LogP contribution is -2.41. The lowest BCUT2D eigenvalue weighted by atomic mass is 9.91. The Labute approximate surface area is 133 Å². The highest BCUT2D eigenvalue weighted by Gasteiger charge is 2.25. The van der Waals surface area contributed by atoms with Gasteiger partial charge in [0, 0.05) is 13.1 Å². The van der Waals surface area contributed by atoms with Gasteiger partial charge in [0.25, 0.3) is 0 Å². The fourth-order valence-corrected chi connectivity index (χ4v) is 3.32. The average Bonchev–Trinajstić information content (AvgIpc) is 2.49. The Balaban J connectivity index is 1.92. The molecule has 0 aromatic heterocycles. The summed E-state index contributed by atoms with van der Waals surface area (Å²) in [6.07, 6.45) is 3.01. The highest BCUT2D eigenvalue weighted by atomic mass is 16.4. The van der Waals surface area contributed by atoms with Crippen LogP contribution in [0.25, 0.3) is 0 Å². The van der Waals surface area contributed by atoms with E-state index in [1.165, 1.54) is 16.7 Å². The van der Waals surface area contributed by atoms with Gasteiger partial charge in [-0.1, -0.05) is 18.2 Å². The molecule has 0 spiro atoms. The molecule has 22 heavy (non-hydrogen) atoms. The van der Waals surface area contributed by atoms with E-state index in [2.05, 4.69) is 42.3 Å². The van der Waals surface area contributed by atoms with Gasteiger partial charge < -0.3 is 10.4 Å². The highest BCUT2D eigenvalue weighted by molar-refractivity contribution is 5.73. The summed E-state index contributed by atoms with van der Waals surface area (Å²) in [5.41, 5.74) is 4.03. The third-order valence-corrected chi connectivity index (χ3v) is 4.80. The van der Waals surface area contributed by atoms with Gasteiger partial charge in [0.05, 0.1) is 0 Å². The zero-order chi connectivity index (χ0) is 16.1. The number of carboxylic acids is 1. The molecule has 1 aromatic carbocycles. The summed E-state index contributed by atoms with van der Waals surface area (Å²) in [5, 5.41) is 12.1. The van der Waals surface area contributed by atoms with Gasteiger partial charge in [0.2, 0.25) is 0 Å². The van der Waals surface area contributed by atoms with Crippen LogP contribution in [-0.2, 0) is 11.3 Å². The number of hydrogen-bond donors (Lipinski definition) is 2. The maximum Gasteiger partial charge on any atom is 0.320 e. The number of carbonyl (C=O) groups is 1. The minimum Gasteiger partial charge on any atom is -0.480 e. The van der Waals surface area contributed by atoms with Crippen LogP contribution in [0, 0.1) is 19.8 Å². The van der Waals surface area contributed by atoms with Crippen molar-refractivity contribution in [1.82, 2.24) is 10.2 Å². The number of rotatable bonds is 6. The number of likely N-dealkylation sites (tertiary alicyclic amines) is 1. The zero-order valence-electron chi connectivity index (χ0n) is 13.9. The smallest absolute Gasteiger partial charge is 0.320 e. The maximum atomic E-state index is 11.2. The quantitative estimate of drug-likeness (QED) is 0.848. The highest BCUT2D eigenvalue weighted by Crippen LogP contribution is 2.23. The molecule has 0 aliphatic carbocycles. The molecular formula is C18H28N2O2. The van der Waals surface area contributed by atoms with E-state index in [4.69, 9.17) is 0 Å². The third kappa shape index (κ3) is 4.55. The summed E-state index contributed by atoms with van der Waals surface area (Å²) in [6, 6.07) is 6.24. The Morgan fingerprint density at radius 2 is 2.18 bits per heavy atom. The van der Waals surface area contributed by atoms with Gasteiger partial charge in [-0.15, -0.1) is 0 Å². The van der Waals surface area contributed by atoms with Crippen molar-refractivity contribution in [3.05, 3.63) is 34.9 Å². The molecule has 0 amide bonds. The fourth-order valence-electron chi connectivity index (χ4n) is 3.32. The number of likely N-dealkylation sites (N-methyl/N-ethyl adjacent to an activating group) is 1. The molecule has 1 fully saturated rings. The SMILES string of the molecule is CNC(CC1CCCN(Cc2ccc(C)c(C)c2)C1)C(=O)O. The molecule has 2 atom stereocenters. The van der Waals surface area contributed by atoms with Crippen molar-refractivity contribution in [2.45, 2.75) is 45.7 Å². The summed E-state index contributed by atoms with van der Waals surface area (Å²) < 4.78 is 0. The van der Waals surface area contributed by atoms with Crippen LogP contribution in [0.1, 0.15) is 36.0 Å². The molecule has 2 unspecified atom stereocenters. The van der Waals surface area contributed by atoms with Crippen LogP contribution in [0.5, 0.6) is 0 Å². The van der Waals surface area contributed by atoms with Crippen molar-refractivity contribution < 1.29 is 9.90 Å². The second-order valence-corrected chi connectivity index (χ2v) is 6.58. The molecule has 1 aliphatic rings. The van der Waals surface area contributed by atoms with Crippen LogP contribution in [-0.4, -0.2) is 42.2 Å². The first-order valence-electron chi connectivity index (χ1n) is 8.18. The van der Waals surface area contributed by atoms with E-state index in [0.717, 1.165) is 38.9 Å². The van der Waals surface area contributed by atoms with Gasteiger partial charge in [0.1, 0.15) is 6.04 Å². The molecule has 0 bridgehead atoms. The number of nitrogens with zero attached hydrogens (tertiary/aromatic N) is 1. The molecule has 2 N–H and O–H groups in total. The molecule has 0 radical (unpaired) electrons. The topological polar surface area (TPSA) is 52.6 Å². The molecule has 4 nitrogen and oxygen atoms in total. The molecule has 122 valence electrons. The van der Waals surface area contributed by atoms with Crippen LogP contribution in [0.3, 0.4) is 0 Å². The molecule has 2 rings (SSSR count). The Morgan fingerprint density at radius 3 is 2.82 bits per heavy atom.